The minimum Gasteiger partial charge on any atom is -0.466 e. The van der Waals surface area contributed by atoms with Gasteiger partial charge in [0.25, 0.3) is 5.69 Å². The first-order chi connectivity index (χ1) is 9.93. The van der Waals surface area contributed by atoms with Gasteiger partial charge >= 0.3 is 11.9 Å². The van der Waals surface area contributed by atoms with Crippen LogP contribution in [0.5, 0.6) is 0 Å². The molecule has 1 aromatic rings. The highest BCUT2D eigenvalue weighted by molar-refractivity contribution is 9.10. The third-order valence-corrected chi connectivity index (χ3v) is 3.21. The van der Waals surface area contributed by atoms with Gasteiger partial charge in [0.2, 0.25) is 0 Å². The number of ether oxygens (including phenoxy) is 2. The van der Waals surface area contributed by atoms with Crippen molar-refractivity contribution in [2.45, 2.75) is 19.8 Å². The van der Waals surface area contributed by atoms with Crippen molar-refractivity contribution in [3.8, 4) is 0 Å². The molecular formula is C13H14BrNO6. The highest BCUT2D eigenvalue weighted by Crippen LogP contribution is 2.23. The summed E-state index contributed by atoms with van der Waals surface area (Å²) in [5.41, 5.74) is 0.745. The van der Waals surface area contributed by atoms with Crippen LogP contribution in [0.2, 0.25) is 0 Å². The van der Waals surface area contributed by atoms with Crippen molar-refractivity contribution in [2.24, 2.45) is 0 Å². The van der Waals surface area contributed by atoms with Crippen LogP contribution < -0.4 is 0 Å². The Morgan fingerprint density at radius 2 is 1.95 bits per heavy atom. The summed E-state index contributed by atoms with van der Waals surface area (Å²) in [6, 6.07) is 4.34. The van der Waals surface area contributed by atoms with Gasteiger partial charge in [-0.1, -0.05) is 22.0 Å². The highest BCUT2D eigenvalue weighted by Gasteiger charge is 2.12. The van der Waals surface area contributed by atoms with Gasteiger partial charge in [-0.25, -0.2) is 0 Å². The Morgan fingerprint density at radius 1 is 1.29 bits per heavy atom. The van der Waals surface area contributed by atoms with E-state index in [1.165, 1.54) is 12.1 Å². The van der Waals surface area contributed by atoms with Crippen molar-refractivity contribution in [2.75, 3.05) is 13.2 Å². The van der Waals surface area contributed by atoms with E-state index in [4.69, 9.17) is 4.74 Å². The van der Waals surface area contributed by atoms with Crippen molar-refractivity contribution >= 4 is 33.6 Å². The molecule has 0 aromatic heterocycles. The van der Waals surface area contributed by atoms with Gasteiger partial charge in [0.15, 0.2) is 0 Å². The summed E-state index contributed by atoms with van der Waals surface area (Å²) in [5.74, 6) is -1.29. The van der Waals surface area contributed by atoms with E-state index in [1.807, 2.05) is 0 Å². The first-order valence-electron chi connectivity index (χ1n) is 6.18. The number of nitrogens with zero attached hydrogens (tertiary/aromatic N) is 1. The third-order valence-electron chi connectivity index (χ3n) is 2.48. The number of nitro benzene ring substituents is 1. The molecule has 0 radical (unpaired) electrons. The van der Waals surface area contributed by atoms with Crippen molar-refractivity contribution in [3.63, 3.8) is 0 Å². The van der Waals surface area contributed by atoms with Crippen LogP contribution in [0.25, 0.3) is 0 Å². The van der Waals surface area contributed by atoms with Crippen molar-refractivity contribution in [3.05, 3.63) is 38.3 Å². The molecule has 0 saturated heterocycles. The van der Waals surface area contributed by atoms with Gasteiger partial charge < -0.3 is 9.47 Å². The van der Waals surface area contributed by atoms with E-state index >= 15 is 0 Å². The van der Waals surface area contributed by atoms with Gasteiger partial charge in [0.1, 0.15) is 6.42 Å². The predicted molar refractivity (Wildman–Crippen MR) is 76.7 cm³/mol. The molecule has 0 heterocycles. The lowest BCUT2D eigenvalue weighted by Crippen LogP contribution is -2.15. The fourth-order valence-electron chi connectivity index (χ4n) is 1.51. The standard InChI is InChI=1S/C13H14BrNO6/c1-2-20-12(16)8-13(17)21-6-5-9-3-4-10(15(18)19)7-11(9)14/h3-4,7H,2,5-6,8H2,1H3. The number of esters is 2. The van der Waals surface area contributed by atoms with E-state index in [1.54, 1.807) is 13.0 Å². The molecule has 0 amide bonds. The average Bonchev–Trinajstić information content (AvgIpc) is 2.40. The number of carbonyl (C=O) groups excluding carboxylic acids is 2. The van der Waals surface area contributed by atoms with Gasteiger partial charge in [-0.3, -0.25) is 19.7 Å². The predicted octanol–water partition coefficient (Wildman–Crippen LogP) is 2.40. The topological polar surface area (TPSA) is 95.7 Å². The zero-order valence-corrected chi connectivity index (χ0v) is 12.9. The molecule has 7 nitrogen and oxygen atoms in total. The van der Waals surface area contributed by atoms with Gasteiger partial charge in [0, 0.05) is 23.0 Å². The summed E-state index contributed by atoms with van der Waals surface area (Å²) >= 11 is 3.22. The molecule has 0 saturated carbocycles. The minimum absolute atomic E-state index is 0.0232. The second-order valence-corrected chi connectivity index (χ2v) is 4.84. The van der Waals surface area contributed by atoms with Crippen LogP contribution in [0, 0.1) is 10.1 Å². The Hall–Kier alpha value is -1.96. The number of hydrogen-bond donors (Lipinski definition) is 0. The fourth-order valence-corrected chi connectivity index (χ4v) is 2.07. The number of halogens is 1. The van der Waals surface area contributed by atoms with Crippen LogP contribution in [0.1, 0.15) is 18.9 Å². The number of non-ortho nitro benzene ring substituents is 1. The molecule has 0 atom stereocenters. The van der Waals surface area contributed by atoms with Crippen LogP contribution in [0.4, 0.5) is 5.69 Å². The molecule has 8 heteroatoms. The fraction of sp³-hybridized carbons (Fsp3) is 0.385. The number of rotatable bonds is 7. The Labute approximate surface area is 129 Å². The Morgan fingerprint density at radius 3 is 2.52 bits per heavy atom. The SMILES string of the molecule is CCOC(=O)CC(=O)OCCc1ccc([N+](=O)[O-])cc1Br. The maximum atomic E-state index is 11.3. The molecular weight excluding hydrogens is 346 g/mol. The van der Waals surface area contributed by atoms with E-state index in [0.717, 1.165) is 5.56 Å². The maximum absolute atomic E-state index is 11.3. The van der Waals surface area contributed by atoms with Crippen molar-refractivity contribution < 1.29 is 24.0 Å². The number of benzene rings is 1. The number of nitro groups is 1. The minimum atomic E-state index is -0.661. The lowest BCUT2D eigenvalue weighted by Gasteiger charge is -2.06. The molecule has 0 unspecified atom stereocenters. The first-order valence-corrected chi connectivity index (χ1v) is 6.97. The molecule has 0 bridgehead atoms. The van der Waals surface area contributed by atoms with Crippen LogP contribution in [0.3, 0.4) is 0 Å². The van der Waals surface area contributed by atoms with Gasteiger partial charge in [-0.05, 0) is 12.5 Å². The summed E-state index contributed by atoms with van der Waals surface area (Å²) in [5, 5.41) is 10.6. The van der Waals surface area contributed by atoms with Crippen molar-refractivity contribution in [1.29, 1.82) is 0 Å². The average molecular weight is 360 g/mol. The van der Waals surface area contributed by atoms with Crippen molar-refractivity contribution in [1.82, 2.24) is 0 Å². The molecule has 0 aliphatic heterocycles. The highest BCUT2D eigenvalue weighted by atomic mass is 79.9. The third kappa shape index (κ3) is 5.90. The number of hydrogen-bond acceptors (Lipinski definition) is 6. The molecule has 0 fully saturated rings. The van der Waals surface area contributed by atoms with Crippen LogP contribution in [0.15, 0.2) is 22.7 Å². The van der Waals surface area contributed by atoms with Gasteiger partial charge in [0.05, 0.1) is 18.1 Å². The quantitative estimate of drug-likeness (QED) is 0.321. The normalized spacial score (nSPS) is 10.0. The summed E-state index contributed by atoms with van der Waals surface area (Å²) in [4.78, 5) is 32.5. The first kappa shape index (κ1) is 17.1. The monoisotopic (exact) mass is 359 g/mol. The van der Waals surface area contributed by atoms with Crippen LogP contribution in [-0.4, -0.2) is 30.1 Å². The lowest BCUT2D eigenvalue weighted by molar-refractivity contribution is -0.384. The lowest BCUT2D eigenvalue weighted by atomic mass is 10.1. The van der Waals surface area contributed by atoms with E-state index < -0.39 is 23.3 Å². The Bertz CT molecular complexity index is 545. The molecule has 114 valence electrons. The molecule has 0 aliphatic carbocycles. The van der Waals surface area contributed by atoms with Gasteiger partial charge in [-0.15, -0.1) is 0 Å². The van der Waals surface area contributed by atoms with Gasteiger partial charge in [-0.2, -0.15) is 0 Å². The largest absolute Gasteiger partial charge is 0.466 e. The smallest absolute Gasteiger partial charge is 0.317 e. The molecule has 1 aromatic carbocycles. The number of carbonyl (C=O) groups is 2. The van der Waals surface area contributed by atoms with E-state index in [9.17, 15) is 19.7 Å². The van der Waals surface area contributed by atoms with Crippen LogP contribution in [-0.2, 0) is 25.5 Å². The molecule has 1 rings (SSSR count). The van der Waals surface area contributed by atoms with E-state index in [0.29, 0.717) is 10.9 Å². The molecule has 0 N–H and O–H groups in total. The Kier molecular flexibility index (Phi) is 6.80. The molecule has 21 heavy (non-hydrogen) atoms. The summed E-state index contributed by atoms with van der Waals surface area (Å²) in [6.45, 7) is 1.94. The summed E-state index contributed by atoms with van der Waals surface area (Å²) in [7, 11) is 0. The second-order valence-electron chi connectivity index (χ2n) is 3.99. The zero-order chi connectivity index (χ0) is 15.8. The summed E-state index contributed by atoms with van der Waals surface area (Å²) in [6.07, 6.45) is -0.0393. The molecule has 0 spiro atoms. The maximum Gasteiger partial charge on any atom is 0.317 e. The summed E-state index contributed by atoms with van der Waals surface area (Å²) < 4.78 is 10.1. The molecule has 0 aliphatic rings. The van der Waals surface area contributed by atoms with E-state index in [2.05, 4.69) is 20.7 Å². The van der Waals surface area contributed by atoms with Crippen LogP contribution >= 0.6 is 15.9 Å². The van der Waals surface area contributed by atoms with E-state index in [-0.39, 0.29) is 18.9 Å². The zero-order valence-electron chi connectivity index (χ0n) is 11.3. The Balaban J connectivity index is 2.44. The second kappa shape index (κ2) is 8.35.